The van der Waals surface area contributed by atoms with Gasteiger partial charge in [-0.3, -0.25) is 9.69 Å². The molecule has 0 spiro atoms. The van der Waals surface area contributed by atoms with Gasteiger partial charge in [-0.05, 0) is 55.0 Å². The molecule has 0 bridgehead atoms. The van der Waals surface area contributed by atoms with Gasteiger partial charge < -0.3 is 4.90 Å². The predicted octanol–water partition coefficient (Wildman–Crippen LogP) is 2.24. The number of aryl methyl sites for hydroxylation is 2. The molecular formula is C23H29N3O3S. The van der Waals surface area contributed by atoms with Gasteiger partial charge in [0.1, 0.15) is 0 Å². The molecule has 1 saturated heterocycles. The lowest BCUT2D eigenvalue weighted by Crippen LogP contribution is -2.43. The summed E-state index contributed by atoms with van der Waals surface area (Å²) in [5.74, 6) is -0.163. The quantitative estimate of drug-likeness (QED) is 0.795. The van der Waals surface area contributed by atoms with Gasteiger partial charge in [-0.25, -0.2) is 13.1 Å². The van der Waals surface area contributed by atoms with E-state index in [2.05, 4.69) is 33.9 Å². The highest BCUT2D eigenvalue weighted by Gasteiger charge is 2.32. The number of nitrogens with one attached hydrogen (secondary N) is 1. The molecule has 2 aliphatic heterocycles. The van der Waals surface area contributed by atoms with E-state index >= 15 is 0 Å². The fourth-order valence-corrected chi connectivity index (χ4v) is 5.74. The Balaban J connectivity index is 1.34. The minimum atomic E-state index is -3.71. The molecule has 30 heavy (non-hydrogen) atoms. The summed E-state index contributed by atoms with van der Waals surface area (Å²) in [6, 6.07) is 14.2. The first-order chi connectivity index (χ1) is 14.3. The van der Waals surface area contributed by atoms with Crippen molar-refractivity contribution in [3.05, 3.63) is 64.7 Å². The zero-order valence-electron chi connectivity index (χ0n) is 17.6. The van der Waals surface area contributed by atoms with E-state index in [4.69, 9.17) is 0 Å². The monoisotopic (exact) mass is 427 g/mol. The van der Waals surface area contributed by atoms with Crippen LogP contribution in [0.4, 0.5) is 0 Å². The zero-order valence-corrected chi connectivity index (χ0v) is 18.4. The van der Waals surface area contributed by atoms with E-state index in [0.29, 0.717) is 24.7 Å². The summed E-state index contributed by atoms with van der Waals surface area (Å²) < 4.78 is 27.8. The minimum absolute atomic E-state index is 0.163. The number of hydrogen-bond acceptors (Lipinski definition) is 4. The van der Waals surface area contributed by atoms with Crippen LogP contribution in [0.5, 0.6) is 0 Å². The molecule has 0 aromatic heterocycles. The van der Waals surface area contributed by atoms with Crippen molar-refractivity contribution in [2.24, 2.45) is 0 Å². The number of hydrogen-bond donors (Lipinski definition) is 1. The number of fused-ring (bicyclic) bond motifs is 1. The summed E-state index contributed by atoms with van der Waals surface area (Å²) in [6.45, 7) is 6.67. The third-order valence-corrected chi connectivity index (χ3v) is 7.78. The second-order valence-electron chi connectivity index (χ2n) is 8.36. The minimum Gasteiger partial charge on any atom is -0.340 e. The molecule has 1 N–H and O–H groups in total. The summed E-state index contributed by atoms with van der Waals surface area (Å²) >= 11 is 0. The van der Waals surface area contributed by atoms with Gasteiger partial charge in [0, 0.05) is 32.2 Å². The van der Waals surface area contributed by atoms with E-state index in [1.807, 2.05) is 13.0 Å². The van der Waals surface area contributed by atoms with Crippen LogP contribution in [0.1, 0.15) is 28.7 Å². The Morgan fingerprint density at radius 3 is 2.67 bits per heavy atom. The first-order valence-electron chi connectivity index (χ1n) is 10.5. The Bertz CT molecular complexity index is 1050. The Morgan fingerprint density at radius 1 is 1.10 bits per heavy atom. The molecule has 7 heteroatoms. The van der Waals surface area contributed by atoms with Crippen molar-refractivity contribution in [3.8, 4) is 0 Å². The summed E-state index contributed by atoms with van der Waals surface area (Å²) in [7, 11) is -3.71. The van der Waals surface area contributed by atoms with Crippen molar-refractivity contribution in [1.29, 1.82) is 0 Å². The molecule has 1 amide bonds. The van der Waals surface area contributed by atoms with Gasteiger partial charge in [0.15, 0.2) is 0 Å². The van der Waals surface area contributed by atoms with Crippen LogP contribution >= 0.6 is 0 Å². The fraction of sp³-hybridized carbons (Fsp3) is 0.435. The Labute approximate surface area is 178 Å². The maximum Gasteiger partial charge on any atom is 0.241 e. The van der Waals surface area contributed by atoms with Gasteiger partial charge in [-0.2, -0.15) is 0 Å². The molecule has 0 aliphatic carbocycles. The molecule has 2 heterocycles. The third kappa shape index (κ3) is 4.43. The molecule has 1 atom stereocenters. The van der Waals surface area contributed by atoms with E-state index < -0.39 is 10.0 Å². The molecule has 0 radical (unpaired) electrons. The van der Waals surface area contributed by atoms with Crippen molar-refractivity contribution in [2.75, 3.05) is 26.2 Å². The summed E-state index contributed by atoms with van der Waals surface area (Å²) in [6.07, 6.45) is 1.97. The van der Waals surface area contributed by atoms with Crippen molar-refractivity contribution in [3.63, 3.8) is 0 Å². The molecule has 4 rings (SSSR count). The van der Waals surface area contributed by atoms with Gasteiger partial charge in [-0.15, -0.1) is 0 Å². The van der Waals surface area contributed by atoms with Crippen LogP contribution in [-0.4, -0.2) is 56.3 Å². The highest BCUT2D eigenvalue weighted by Crippen LogP contribution is 2.24. The normalized spacial score (nSPS) is 19.7. The number of carbonyl (C=O) groups is 1. The number of likely N-dealkylation sites (tertiary alicyclic amines) is 1. The Morgan fingerprint density at radius 2 is 1.87 bits per heavy atom. The predicted molar refractivity (Wildman–Crippen MR) is 117 cm³/mol. The van der Waals surface area contributed by atoms with Gasteiger partial charge in [-0.1, -0.05) is 36.4 Å². The largest absolute Gasteiger partial charge is 0.340 e. The molecule has 2 aliphatic rings. The molecule has 1 fully saturated rings. The second-order valence-corrected chi connectivity index (χ2v) is 10.1. The van der Waals surface area contributed by atoms with Crippen molar-refractivity contribution in [1.82, 2.24) is 14.5 Å². The van der Waals surface area contributed by atoms with Crippen molar-refractivity contribution >= 4 is 15.9 Å². The number of sulfonamides is 1. The molecule has 1 unspecified atom stereocenters. The van der Waals surface area contributed by atoms with Crippen LogP contribution in [0.25, 0.3) is 0 Å². The lowest BCUT2D eigenvalue weighted by molar-refractivity contribution is -0.129. The van der Waals surface area contributed by atoms with Crippen LogP contribution in [0.15, 0.2) is 47.4 Å². The van der Waals surface area contributed by atoms with E-state index in [9.17, 15) is 13.2 Å². The van der Waals surface area contributed by atoms with Crippen LogP contribution in [0.2, 0.25) is 0 Å². The van der Waals surface area contributed by atoms with Crippen molar-refractivity contribution < 1.29 is 13.2 Å². The SMILES string of the molecule is Cc1ccc(C)c(S(=O)(=O)NCC(=O)N2CCC(N3CCc4ccccc4C3)C2)c1. The highest BCUT2D eigenvalue weighted by molar-refractivity contribution is 7.89. The molecule has 6 nitrogen and oxygen atoms in total. The summed E-state index contributed by atoms with van der Waals surface area (Å²) in [5.41, 5.74) is 4.33. The zero-order chi connectivity index (χ0) is 21.3. The van der Waals surface area contributed by atoms with E-state index in [0.717, 1.165) is 31.5 Å². The third-order valence-electron chi connectivity index (χ3n) is 6.24. The maximum absolute atomic E-state index is 12.7. The van der Waals surface area contributed by atoms with Crippen molar-refractivity contribution in [2.45, 2.75) is 44.2 Å². The lowest BCUT2D eigenvalue weighted by atomic mass is 9.98. The number of benzene rings is 2. The van der Waals surface area contributed by atoms with Crippen LogP contribution in [0.3, 0.4) is 0 Å². The van der Waals surface area contributed by atoms with Gasteiger partial charge in [0.05, 0.1) is 11.4 Å². The lowest BCUT2D eigenvalue weighted by Gasteiger charge is -2.33. The second kappa shape index (κ2) is 8.49. The molecule has 2 aromatic carbocycles. The number of nitrogens with zero attached hydrogens (tertiary/aromatic N) is 2. The summed E-state index contributed by atoms with van der Waals surface area (Å²) in [5, 5.41) is 0. The fourth-order valence-electron chi connectivity index (χ4n) is 4.44. The molecule has 2 aromatic rings. The average Bonchev–Trinajstić information content (AvgIpc) is 3.24. The van der Waals surface area contributed by atoms with E-state index in [1.165, 1.54) is 11.1 Å². The van der Waals surface area contributed by atoms with Gasteiger partial charge in [0.2, 0.25) is 15.9 Å². The summed E-state index contributed by atoms with van der Waals surface area (Å²) in [4.78, 5) is 17.2. The van der Waals surface area contributed by atoms with E-state index in [-0.39, 0.29) is 17.3 Å². The van der Waals surface area contributed by atoms with Gasteiger partial charge in [0.25, 0.3) is 0 Å². The molecule has 0 saturated carbocycles. The van der Waals surface area contributed by atoms with Crippen LogP contribution < -0.4 is 4.72 Å². The highest BCUT2D eigenvalue weighted by atomic mass is 32.2. The average molecular weight is 428 g/mol. The topological polar surface area (TPSA) is 69.7 Å². The Kier molecular flexibility index (Phi) is 5.95. The van der Waals surface area contributed by atoms with Crippen LogP contribution in [0, 0.1) is 13.8 Å². The number of carbonyl (C=O) groups excluding carboxylic acids is 1. The smallest absolute Gasteiger partial charge is 0.241 e. The van der Waals surface area contributed by atoms with Crippen LogP contribution in [-0.2, 0) is 27.8 Å². The standard InChI is InChI=1S/C23H29N3O3S/c1-17-7-8-18(2)22(13-17)30(28,29)24-14-23(27)26-12-10-21(16-26)25-11-9-19-5-3-4-6-20(19)15-25/h3-8,13,21,24H,9-12,14-16H2,1-2H3. The first kappa shape index (κ1) is 21.0. The Hall–Kier alpha value is -2.22. The maximum atomic E-state index is 12.7. The molecule has 160 valence electrons. The molecular weight excluding hydrogens is 398 g/mol. The van der Waals surface area contributed by atoms with E-state index in [1.54, 1.807) is 24.0 Å². The van der Waals surface area contributed by atoms with Gasteiger partial charge >= 0.3 is 0 Å². The first-order valence-corrected chi connectivity index (χ1v) is 12.0. The number of amides is 1. The number of rotatable bonds is 5.